The van der Waals surface area contributed by atoms with E-state index in [1.54, 1.807) is 0 Å². The van der Waals surface area contributed by atoms with Crippen LogP contribution in [0.2, 0.25) is 0 Å². The molecule has 0 spiro atoms. The number of hydrogen-bond acceptors (Lipinski definition) is 5. The number of hydrogen-bond donors (Lipinski definition) is 1. The van der Waals surface area contributed by atoms with Crippen molar-refractivity contribution in [1.82, 2.24) is 20.2 Å². The highest BCUT2D eigenvalue weighted by Crippen LogP contribution is 2.26. The molecule has 6 heteroatoms. The maximum absolute atomic E-state index is 5.82. The average molecular weight is 273 g/mol. The first-order valence-corrected chi connectivity index (χ1v) is 7.01. The van der Waals surface area contributed by atoms with E-state index in [0.717, 1.165) is 37.4 Å². The van der Waals surface area contributed by atoms with Crippen LogP contribution in [0.25, 0.3) is 11.4 Å². The van der Waals surface area contributed by atoms with E-state index in [1.807, 2.05) is 28.9 Å². The fourth-order valence-corrected chi connectivity index (χ4v) is 2.79. The summed E-state index contributed by atoms with van der Waals surface area (Å²) in [5.74, 6) is 1.24. The highest BCUT2D eigenvalue weighted by molar-refractivity contribution is 5.60. The fraction of sp³-hybridized carbons (Fsp3) is 0.500. The quantitative estimate of drug-likeness (QED) is 0.858. The van der Waals surface area contributed by atoms with Crippen LogP contribution >= 0.6 is 0 Å². The molecule has 2 unspecified atom stereocenters. The SMILES string of the molecule is CCC1OCCC1Cn1nnnc1-c1cccc(N)c1. The van der Waals surface area contributed by atoms with Gasteiger partial charge in [-0.15, -0.1) is 5.10 Å². The number of nitrogens with two attached hydrogens (primary N) is 1. The summed E-state index contributed by atoms with van der Waals surface area (Å²) in [5, 5.41) is 12.0. The highest BCUT2D eigenvalue weighted by Gasteiger charge is 2.28. The molecular weight excluding hydrogens is 254 g/mol. The van der Waals surface area contributed by atoms with E-state index in [9.17, 15) is 0 Å². The topological polar surface area (TPSA) is 78.8 Å². The van der Waals surface area contributed by atoms with Crippen molar-refractivity contribution in [3.05, 3.63) is 24.3 Å². The van der Waals surface area contributed by atoms with Gasteiger partial charge >= 0.3 is 0 Å². The summed E-state index contributed by atoms with van der Waals surface area (Å²) in [7, 11) is 0. The van der Waals surface area contributed by atoms with Crippen molar-refractivity contribution in [2.45, 2.75) is 32.4 Å². The minimum Gasteiger partial charge on any atom is -0.399 e. The van der Waals surface area contributed by atoms with Crippen molar-refractivity contribution in [3.63, 3.8) is 0 Å². The number of aromatic nitrogens is 4. The van der Waals surface area contributed by atoms with Gasteiger partial charge in [0.05, 0.1) is 12.6 Å². The van der Waals surface area contributed by atoms with Crippen molar-refractivity contribution in [2.24, 2.45) is 5.92 Å². The Kier molecular flexibility index (Phi) is 3.64. The van der Waals surface area contributed by atoms with Crippen molar-refractivity contribution in [2.75, 3.05) is 12.3 Å². The van der Waals surface area contributed by atoms with Crippen LogP contribution in [0, 0.1) is 5.92 Å². The first kappa shape index (κ1) is 13.1. The summed E-state index contributed by atoms with van der Waals surface area (Å²) in [6.07, 6.45) is 2.41. The molecule has 0 amide bonds. The molecule has 106 valence electrons. The Morgan fingerprint density at radius 1 is 1.45 bits per heavy atom. The van der Waals surface area contributed by atoms with Crippen LogP contribution in [0.4, 0.5) is 5.69 Å². The summed E-state index contributed by atoms with van der Waals surface area (Å²) in [6.45, 7) is 3.77. The minimum absolute atomic E-state index is 0.313. The number of nitrogen functional groups attached to an aromatic ring is 1. The zero-order chi connectivity index (χ0) is 13.9. The maximum Gasteiger partial charge on any atom is 0.182 e. The monoisotopic (exact) mass is 273 g/mol. The molecule has 2 heterocycles. The van der Waals surface area contributed by atoms with Crippen LogP contribution in [-0.2, 0) is 11.3 Å². The third-order valence-corrected chi connectivity index (χ3v) is 3.83. The lowest BCUT2D eigenvalue weighted by molar-refractivity contribution is 0.0825. The van der Waals surface area contributed by atoms with Crippen LogP contribution < -0.4 is 5.73 Å². The zero-order valence-electron chi connectivity index (χ0n) is 11.6. The third kappa shape index (κ3) is 2.51. The van der Waals surface area contributed by atoms with Crippen LogP contribution in [0.15, 0.2) is 24.3 Å². The normalized spacial score (nSPS) is 22.2. The van der Waals surface area contributed by atoms with Gasteiger partial charge in [-0.25, -0.2) is 4.68 Å². The predicted octanol–water partition coefficient (Wildman–Crippen LogP) is 1.74. The lowest BCUT2D eigenvalue weighted by Gasteiger charge is -2.17. The molecule has 2 atom stereocenters. The number of rotatable bonds is 4. The lowest BCUT2D eigenvalue weighted by Crippen LogP contribution is -2.21. The largest absolute Gasteiger partial charge is 0.399 e. The molecule has 6 nitrogen and oxygen atoms in total. The molecule has 1 aromatic heterocycles. The Labute approximate surface area is 117 Å². The van der Waals surface area contributed by atoms with Crippen LogP contribution in [0.5, 0.6) is 0 Å². The Bertz CT molecular complexity index is 582. The molecule has 1 aliphatic heterocycles. The van der Waals surface area contributed by atoms with E-state index in [2.05, 4.69) is 22.4 Å². The molecule has 0 aliphatic carbocycles. The van der Waals surface area contributed by atoms with Gasteiger partial charge in [-0.2, -0.15) is 0 Å². The molecule has 0 bridgehead atoms. The molecule has 20 heavy (non-hydrogen) atoms. The Balaban J connectivity index is 1.83. The molecule has 1 saturated heterocycles. The summed E-state index contributed by atoms with van der Waals surface area (Å²) in [5.41, 5.74) is 7.49. The number of anilines is 1. The fourth-order valence-electron chi connectivity index (χ4n) is 2.79. The summed E-state index contributed by atoms with van der Waals surface area (Å²) in [6, 6.07) is 7.64. The molecule has 1 aliphatic rings. The smallest absolute Gasteiger partial charge is 0.182 e. The van der Waals surface area contributed by atoms with Crippen molar-refractivity contribution in [3.8, 4) is 11.4 Å². The Morgan fingerprint density at radius 2 is 2.35 bits per heavy atom. The van der Waals surface area contributed by atoms with Gasteiger partial charge in [-0.05, 0) is 35.4 Å². The molecular formula is C14H19N5O. The first-order chi connectivity index (χ1) is 9.78. The maximum atomic E-state index is 5.82. The standard InChI is InChI=1S/C14H19N5O/c1-2-13-11(6-7-20-13)9-19-14(16-17-18-19)10-4-3-5-12(15)8-10/h3-5,8,11,13H,2,6-7,9,15H2,1H3. The number of ether oxygens (including phenoxy) is 1. The molecule has 1 aromatic carbocycles. The van der Waals surface area contributed by atoms with Crippen molar-refractivity contribution >= 4 is 5.69 Å². The van der Waals surface area contributed by atoms with E-state index >= 15 is 0 Å². The predicted molar refractivity (Wildman–Crippen MR) is 75.8 cm³/mol. The highest BCUT2D eigenvalue weighted by atomic mass is 16.5. The average Bonchev–Trinajstić information content (AvgIpc) is 3.08. The molecule has 2 aromatic rings. The van der Waals surface area contributed by atoms with Crippen molar-refractivity contribution < 1.29 is 4.74 Å². The number of nitrogens with zero attached hydrogens (tertiary/aromatic N) is 4. The van der Waals surface area contributed by atoms with Crippen LogP contribution in [0.1, 0.15) is 19.8 Å². The lowest BCUT2D eigenvalue weighted by atomic mass is 9.99. The molecule has 3 rings (SSSR count). The molecule has 0 radical (unpaired) electrons. The second-order valence-corrected chi connectivity index (χ2v) is 5.18. The van der Waals surface area contributed by atoms with Gasteiger partial charge in [0, 0.05) is 23.8 Å². The van der Waals surface area contributed by atoms with Gasteiger partial charge in [0.1, 0.15) is 0 Å². The number of benzene rings is 1. The van der Waals surface area contributed by atoms with Gasteiger partial charge in [-0.1, -0.05) is 19.1 Å². The van der Waals surface area contributed by atoms with Gasteiger partial charge in [0.2, 0.25) is 0 Å². The zero-order valence-corrected chi connectivity index (χ0v) is 11.6. The van der Waals surface area contributed by atoms with Crippen LogP contribution in [0.3, 0.4) is 0 Å². The summed E-state index contributed by atoms with van der Waals surface area (Å²) >= 11 is 0. The van der Waals surface area contributed by atoms with E-state index in [-0.39, 0.29) is 0 Å². The Hall–Kier alpha value is -1.95. The minimum atomic E-state index is 0.313. The first-order valence-electron chi connectivity index (χ1n) is 7.01. The molecule has 0 saturated carbocycles. The van der Waals surface area contributed by atoms with Gasteiger partial charge < -0.3 is 10.5 Å². The van der Waals surface area contributed by atoms with Crippen molar-refractivity contribution in [1.29, 1.82) is 0 Å². The second kappa shape index (κ2) is 5.58. The van der Waals surface area contributed by atoms with Crippen LogP contribution in [-0.4, -0.2) is 32.9 Å². The van der Waals surface area contributed by atoms with Gasteiger partial charge in [-0.3, -0.25) is 0 Å². The van der Waals surface area contributed by atoms with E-state index in [1.165, 1.54) is 0 Å². The van der Waals surface area contributed by atoms with Gasteiger partial charge in [0.15, 0.2) is 5.82 Å². The summed E-state index contributed by atoms with van der Waals surface area (Å²) < 4.78 is 7.58. The molecule has 2 N–H and O–H groups in total. The molecule has 1 fully saturated rings. The van der Waals surface area contributed by atoms with E-state index in [4.69, 9.17) is 10.5 Å². The summed E-state index contributed by atoms with van der Waals surface area (Å²) in [4.78, 5) is 0. The van der Waals surface area contributed by atoms with E-state index < -0.39 is 0 Å². The number of tetrazole rings is 1. The Morgan fingerprint density at radius 3 is 3.15 bits per heavy atom. The second-order valence-electron chi connectivity index (χ2n) is 5.18. The van der Waals surface area contributed by atoms with E-state index in [0.29, 0.717) is 17.7 Å². The van der Waals surface area contributed by atoms with Gasteiger partial charge in [0.25, 0.3) is 0 Å². The third-order valence-electron chi connectivity index (χ3n) is 3.83.